The Morgan fingerprint density at radius 2 is 1.12 bits per heavy atom. The molecule has 9 aromatic carbocycles. The molecule has 0 atom stereocenters. The van der Waals surface area contributed by atoms with Crippen molar-refractivity contribution >= 4 is 60.9 Å². The molecule has 0 saturated heterocycles. The first-order chi connectivity index (χ1) is 29.5. The lowest BCUT2D eigenvalue weighted by Gasteiger charge is -2.30. The van der Waals surface area contributed by atoms with Gasteiger partial charge in [-0.25, -0.2) is 4.98 Å². The summed E-state index contributed by atoms with van der Waals surface area (Å²) >= 11 is 0. The molecular weight excluding hydrogens is 733 g/mol. The number of hydrogen-bond donors (Lipinski definition) is 0. The molecule has 0 radical (unpaired) electrons. The smallest absolute Gasteiger partial charge is 0.227 e. The lowest BCUT2D eigenvalue weighted by Crippen LogP contribution is -2.16. The molecule has 0 spiro atoms. The van der Waals surface area contributed by atoms with E-state index in [1.807, 2.05) is 36.4 Å². The maximum Gasteiger partial charge on any atom is 0.227 e. The normalized spacial score (nSPS) is 13.0. The Labute approximate surface area is 347 Å². The molecule has 284 valence electrons. The number of benzene rings is 9. The summed E-state index contributed by atoms with van der Waals surface area (Å²) in [6.45, 7) is 4.69. The van der Waals surface area contributed by atoms with E-state index in [1.54, 1.807) is 0 Å². The van der Waals surface area contributed by atoms with E-state index in [1.165, 1.54) is 44.2 Å². The zero-order valence-electron chi connectivity index (χ0n) is 33.2. The van der Waals surface area contributed by atoms with Crippen molar-refractivity contribution in [3.63, 3.8) is 0 Å². The van der Waals surface area contributed by atoms with Gasteiger partial charge in [0.1, 0.15) is 16.7 Å². The van der Waals surface area contributed by atoms with Crippen molar-refractivity contribution in [1.29, 1.82) is 0 Å². The summed E-state index contributed by atoms with van der Waals surface area (Å²) in [4.78, 5) is 7.24. The van der Waals surface area contributed by atoms with Crippen LogP contribution in [0.2, 0.25) is 0 Å². The van der Waals surface area contributed by atoms with Gasteiger partial charge in [0.05, 0.1) is 11.4 Å². The van der Waals surface area contributed by atoms with E-state index < -0.39 is 0 Å². The lowest BCUT2D eigenvalue weighted by molar-refractivity contribution is 0.620. The predicted molar refractivity (Wildman–Crippen MR) is 247 cm³/mol. The highest BCUT2D eigenvalue weighted by molar-refractivity contribution is 6.10. The number of furan rings is 1. The number of hydrogen-bond acceptors (Lipinski definition) is 4. The predicted octanol–water partition coefficient (Wildman–Crippen LogP) is 15.7. The Hall–Kier alpha value is -7.69. The lowest BCUT2D eigenvalue weighted by atomic mass is 9.82. The number of fused-ring (bicyclic) bond motifs is 8. The van der Waals surface area contributed by atoms with E-state index >= 15 is 0 Å². The fraction of sp³-hybridized carbons (Fsp3) is 0.0536. The molecule has 0 saturated carbocycles. The largest absolute Gasteiger partial charge is 0.456 e. The van der Waals surface area contributed by atoms with Crippen LogP contribution >= 0.6 is 0 Å². The van der Waals surface area contributed by atoms with E-state index in [0.29, 0.717) is 5.89 Å². The van der Waals surface area contributed by atoms with Crippen molar-refractivity contribution in [1.82, 2.24) is 4.98 Å². The van der Waals surface area contributed by atoms with Gasteiger partial charge in [0.2, 0.25) is 5.89 Å². The van der Waals surface area contributed by atoms with Crippen LogP contribution < -0.4 is 4.90 Å². The fourth-order valence-corrected chi connectivity index (χ4v) is 9.48. The van der Waals surface area contributed by atoms with Gasteiger partial charge in [0, 0.05) is 44.6 Å². The first kappa shape index (κ1) is 34.4. The van der Waals surface area contributed by atoms with Gasteiger partial charge in [-0.2, -0.15) is 0 Å². The molecule has 0 bridgehead atoms. The van der Waals surface area contributed by atoms with Crippen molar-refractivity contribution in [2.75, 3.05) is 4.90 Å². The summed E-state index contributed by atoms with van der Waals surface area (Å²) < 4.78 is 12.6. The van der Waals surface area contributed by atoms with Gasteiger partial charge in [-0.05, 0) is 105 Å². The minimum Gasteiger partial charge on any atom is -0.456 e. The highest BCUT2D eigenvalue weighted by atomic mass is 16.4. The fourth-order valence-electron chi connectivity index (χ4n) is 9.48. The molecule has 11 aromatic rings. The van der Waals surface area contributed by atoms with Crippen LogP contribution in [0.3, 0.4) is 0 Å². The standard InChI is InChI=1S/C56H38N2O2/c1-56(2)46-19-10-8-18-43(46)54-47(56)20-12-22-50(54)58(49-21-11-9-17-42(49)40-24-23-35-13-6-7-16-38(35)31-40)41-28-25-36(26-29-41)39-27-30-51-44(32-39)45-33-53-48(34-52(45)59-51)57-55(60-53)37-14-4-3-5-15-37/h3-34H,1-2H3. The Morgan fingerprint density at radius 3 is 1.98 bits per heavy atom. The van der Waals surface area contributed by atoms with Crippen LogP contribution in [0.4, 0.5) is 17.1 Å². The summed E-state index contributed by atoms with van der Waals surface area (Å²) in [5, 5.41) is 4.50. The molecule has 0 N–H and O–H groups in total. The van der Waals surface area contributed by atoms with Gasteiger partial charge in [0.25, 0.3) is 0 Å². The van der Waals surface area contributed by atoms with Gasteiger partial charge >= 0.3 is 0 Å². The van der Waals surface area contributed by atoms with Crippen molar-refractivity contribution < 1.29 is 8.83 Å². The zero-order valence-corrected chi connectivity index (χ0v) is 33.2. The maximum absolute atomic E-state index is 6.37. The third-order valence-electron chi connectivity index (χ3n) is 12.5. The van der Waals surface area contributed by atoms with E-state index in [0.717, 1.165) is 66.8 Å². The van der Waals surface area contributed by atoms with Crippen molar-refractivity contribution in [2.24, 2.45) is 0 Å². The summed E-state index contributed by atoms with van der Waals surface area (Å²) in [7, 11) is 0. The molecular formula is C56H38N2O2. The molecule has 0 aliphatic heterocycles. The van der Waals surface area contributed by atoms with E-state index in [9.17, 15) is 0 Å². The van der Waals surface area contributed by atoms with Gasteiger partial charge in [-0.1, -0.05) is 141 Å². The van der Waals surface area contributed by atoms with Gasteiger partial charge in [-0.3, -0.25) is 0 Å². The molecule has 0 fully saturated rings. The Morgan fingerprint density at radius 1 is 0.433 bits per heavy atom. The maximum atomic E-state index is 6.37. The van der Waals surface area contributed by atoms with Crippen LogP contribution in [-0.2, 0) is 5.41 Å². The molecule has 4 heteroatoms. The van der Waals surface area contributed by atoms with E-state index in [2.05, 4.69) is 176 Å². The molecule has 4 nitrogen and oxygen atoms in total. The molecule has 0 amide bonds. The van der Waals surface area contributed by atoms with Crippen LogP contribution in [0.25, 0.3) is 88.6 Å². The van der Waals surface area contributed by atoms with Gasteiger partial charge < -0.3 is 13.7 Å². The molecule has 60 heavy (non-hydrogen) atoms. The number of nitrogens with zero attached hydrogens (tertiary/aromatic N) is 2. The van der Waals surface area contributed by atoms with Crippen LogP contribution in [-0.4, -0.2) is 4.98 Å². The molecule has 2 aromatic heterocycles. The Kier molecular flexibility index (Phi) is 7.54. The highest BCUT2D eigenvalue weighted by Crippen LogP contribution is 2.55. The second kappa shape index (κ2) is 13.2. The second-order valence-electron chi connectivity index (χ2n) is 16.3. The van der Waals surface area contributed by atoms with Crippen molar-refractivity contribution in [2.45, 2.75) is 19.3 Å². The van der Waals surface area contributed by atoms with E-state index in [4.69, 9.17) is 13.8 Å². The SMILES string of the molecule is CC1(C)c2ccccc2-c2c(N(c3ccc(-c4ccc5oc6cc7nc(-c8ccccc8)oc7cc6c5c4)cc3)c3ccccc3-c3ccc4ccccc4c3)cccc21. The number of para-hydroxylation sites is 1. The van der Waals surface area contributed by atoms with Crippen molar-refractivity contribution in [3.05, 3.63) is 205 Å². The molecule has 12 rings (SSSR count). The Bertz CT molecular complexity index is 3460. The van der Waals surface area contributed by atoms with Crippen LogP contribution in [0.15, 0.2) is 203 Å². The summed E-state index contributed by atoms with van der Waals surface area (Å²) in [5.74, 6) is 0.602. The molecule has 1 aliphatic rings. The monoisotopic (exact) mass is 770 g/mol. The first-order valence-electron chi connectivity index (χ1n) is 20.5. The van der Waals surface area contributed by atoms with Gasteiger partial charge in [-0.15, -0.1) is 0 Å². The Balaban J connectivity index is 0.996. The summed E-state index contributed by atoms with van der Waals surface area (Å²) in [6, 6.07) is 69.4. The van der Waals surface area contributed by atoms with Crippen molar-refractivity contribution in [3.8, 4) is 44.8 Å². The topological polar surface area (TPSA) is 42.4 Å². The third-order valence-corrected chi connectivity index (χ3v) is 12.5. The number of anilines is 3. The average Bonchev–Trinajstić information content (AvgIpc) is 3.95. The van der Waals surface area contributed by atoms with Crippen LogP contribution in [0, 0.1) is 0 Å². The quantitative estimate of drug-likeness (QED) is 0.169. The van der Waals surface area contributed by atoms with Crippen LogP contribution in [0.5, 0.6) is 0 Å². The highest BCUT2D eigenvalue weighted by Gasteiger charge is 2.38. The van der Waals surface area contributed by atoms with Gasteiger partial charge in [0.15, 0.2) is 5.58 Å². The zero-order chi connectivity index (χ0) is 40.0. The van der Waals surface area contributed by atoms with E-state index in [-0.39, 0.29) is 5.41 Å². The molecule has 2 heterocycles. The number of aromatic nitrogens is 1. The second-order valence-corrected chi connectivity index (χ2v) is 16.3. The summed E-state index contributed by atoms with van der Waals surface area (Å²) in [5.41, 5.74) is 17.2. The first-order valence-corrected chi connectivity index (χ1v) is 20.5. The minimum absolute atomic E-state index is 0.130. The third kappa shape index (κ3) is 5.34. The average molecular weight is 771 g/mol. The number of oxazole rings is 1. The minimum atomic E-state index is -0.130. The summed E-state index contributed by atoms with van der Waals surface area (Å²) in [6.07, 6.45) is 0. The molecule has 0 unspecified atom stereocenters. The number of rotatable bonds is 6. The van der Waals surface area contributed by atoms with Crippen LogP contribution in [0.1, 0.15) is 25.0 Å². The molecule has 1 aliphatic carbocycles.